The first kappa shape index (κ1) is 21.7. The lowest BCUT2D eigenvalue weighted by Crippen LogP contribution is -2.39. The fourth-order valence-corrected chi connectivity index (χ4v) is 3.53. The second kappa shape index (κ2) is 9.69. The van der Waals surface area contributed by atoms with E-state index in [0.717, 1.165) is 11.3 Å². The maximum absolute atomic E-state index is 14.1. The predicted molar refractivity (Wildman–Crippen MR) is 109 cm³/mol. The van der Waals surface area contributed by atoms with E-state index in [2.05, 4.69) is 15.6 Å². The van der Waals surface area contributed by atoms with Crippen LogP contribution >= 0.6 is 0 Å². The molecule has 0 bridgehead atoms. The average molecular weight is 417 g/mol. The number of nitrogens with zero attached hydrogens (tertiary/aromatic N) is 4. The van der Waals surface area contributed by atoms with Crippen molar-refractivity contribution in [2.45, 2.75) is 58.4 Å². The Bertz CT molecular complexity index is 868. The Morgan fingerprint density at radius 1 is 1.30 bits per heavy atom. The van der Waals surface area contributed by atoms with Crippen LogP contribution in [0, 0.1) is 0 Å². The molecule has 9 heteroatoms. The summed E-state index contributed by atoms with van der Waals surface area (Å²) < 4.78 is 21.0. The molecule has 1 saturated heterocycles. The topological polar surface area (TPSA) is 89.4 Å². The molecule has 30 heavy (non-hydrogen) atoms. The number of ether oxygens (including phenoxy) is 1. The molecule has 0 radical (unpaired) electrons. The number of carbonyl (C=O) groups is 2. The summed E-state index contributed by atoms with van der Waals surface area (Å²) in [6, 6.07) is 6.99. The maximum Gasteiger partial charge on any atom is 0.273 e. The Kier molecular flexibility index (Phi) is 7.02. The molecule has 0 saturated carbocycles. The Labute approximate surface area is 175 Å². The zero-order chi connectivity index (χ0) is 21.7. The number of rotatable bonds is 8. The molecule has 3 rings (SSSR count). The Hall–Kier alpha value is -2.97. The van der Waals surface area contributed by atoms with Crippen LogP contribution < -0.4 is 10.1 Å². The predicted octanol–water partition coefficient (Wildman–Crippen LogP) is 2.00. The smallest absolute Gasteiger partial charge is 0.273 e. The van der Waals surface area contributed by atoms with Crippen LogP contribution in [0.3, 0.4) is 0 Å². The first-order valence-corrected chi connectivity index (χ1v) is 10.2. The van der Waals surface area contributed by atoms with Gasteiger partial charge >= 0.3 is 0 Å². The summed E-state index contributed by atoms with van der Waals surface area (Å²) in [5.41, 5.74) is 1.05. The highest BCUT2D eigenvalue weighted by Crippen LogP contribution is 2.23. The number of likely N-dealkylation sites (tertiary alicyclic amines) is 1. The van der Waals surface area contributed by atoms with Crippen molar-refractivity contribution in [1.82, 2.24) is 25.2 Å². The van der Waals surface area contributed by atoms with Crippen LogP contribution in [0.15, 0.2) is 30.5 Å². The maximum atomic E-state index is 14.1. The zero-order valence-electron chi connectivity index (χ0n) is 17.5. The fraction of sp³-hybridized carbons (Fsp3) is 0.524. The molecular weight excluding hydrogens is 389 g/mol. The van der Waals surface area contributed by atoms with Crippen molar-refractivity contribution in [3.63, 3.8) is 0 Å². The number of alkyl halides is 1. The van der Waals surface area contributed by atoms with E-state index in [1.807, 2.05) is 45.0 Å². The summed E-state index contributed by atoms with van der Waals surface area (Å²) in [6.07, 6.45) is 0.877. The van der Waals surface area contributed by atoms with Gasteiger partial charge in [-0.15, -0.1) is 5.10 Å². The molecule has 1 fully saturated rings. The molecule has 0 unspecified atom stereocenters. The third kappa shape index (κ3) is 5.55. The van der Waals surface area contributed by atoms with Crippen LogP contribution in [0.4, 0.5) is 4.39 Å². The van der Waals surface area contributed by atoms with Gasteiger partial charge in [0.15, 0.2) is 5.69 Å². The van der Waals surface area contributed by atoms with E-state index in [4.69, 9.17) is 4.74 Å². The van der Waals surface area contributed by atoms with Gasteiger partial charge in [-0.2, -0.15) is 0 Å². The summed E-state index contributed by atoms with van der Waals surface area (Å²) in [5, 5.41) is 10.6. The number of nitrogens with one attached hydrogen (secondary N) is 1. The number of hydrogen-bond donors (Lipinski definition) is 1. The second-order valence-corrected chi connectivity index (χ2v) is 7.74. The number of halogens is 1. The summed E-state index contributed by atoms with van der Waals surface area (Å²) in [6.45, 7) is 6.56. The Morgan fingerprint density at radius 2 is 2.03 bits per heavy atom. The molecule has 2 amide bonds. The highest BCUT2D eigenvalue weighted by atomic mass is 19.1. The monoisotopic (exact) mass is 417 g/mol. The van der Waals surface area contributed by atoms with E-state index in [-0.39, 0.29) is 55.5 Å². The van der Waals surface area contributed by atoms with E-state index in [1.54, 1.807) is 4.90 Å². The van der Waals surface area contributed by atoms with Crippen molar-refractivity contribution in [1.29, 1.82) is 0 Å². The fourth-order valence-electron chi connectivity index (χ4n) is 3.53. The van der Waals surface area contributed by atoms with Gasteiger partial charge in [-0.1, -0.05) is 17.3 Å². The van der Waals surface area contributed by atoms with Crippen molar-refractivity contribution in [2.75, 3.05) is 13.2 Å². The summed E-state index contributed by atoms with van der Waals surface area (Å²) in [4.78, 5) is 26.4. The number of hydrogen-bond acceptors (Lipinski definition) is 5. The van der Waals surface area contributed by atoms with Crippen LogP contribution in [0.5, 0.6) is 5.75 Å². The van der Waals surface area contributed by atoms with E-state index in [0.29, 0.717) is 6.61 Å². The molecule has 8 nitrogen and oxygen atoms in total. The van der Waals surface area contributed by atoms with Gasteiger partial charge in [-0.25, -0.2) is 9.07 Å². The Balaban J connectivity index is 1.63. The van der Waals surface area contributed by atoms with Crippen LogP contribution in [0.1, 0.15) is 43.2 Å². The first-order chi connectivity index (χ1) is 14.4. The molecule has 2 heterocycles. The lowest BCUT2D eigenvalue weighted by molar-refractivity contribution is -0.131. The quantitative estimate of drug-likeness (QED) is 0.710. The molecule has 2 atom stereocenters. The Morgan fingerprint density at radius 3 is 2.70 bits per heavy atom. The van der Waals surface area contributed by atoms with Crippen molar-refractivity contribution < 1.29 is 18.7 Å². The van der Waals surface area contributed by atoms with Gasteiger partial charge in [0.1, 0.15) is 11.9 Å². The van der Waals surface area contributed by atoms with Crippen molar-refractivity contribution in [3.05, 3.63) is 41.7 Å². The van der Waals surface area contributed by atoms with Crippen LogP contribution in [0.25, 0.3) is 0 Å². The molecular formula is C21H28FN5O3. The molecule has 162 valence electrons. The SMILES string of the molecule is CCOc1ccc(CC(=O)N2C[C@@H](F)C[C@H]2Cn2cc(C(=O)NC(C)C)nn2)cc1. The molecule has 1 aliphatic rings. The van der Waals surface area contributed by atoms with Crippen LogP contribution in [-0.2, 0) is 17.8 Å². The highest BCUT2D eigenvalue weighted by Gasteiger charge is 2.35. The molecule has 1 aromatic carbocycles. The van der Waals surface area contributed by atoms with Crippen molar-refractivity contribution >= 4 is 11.8 Å². The highest BCUT2D eigenvalue weighted by molar-refractivity contribution is 5.92. The lowest BCUT2D eigenvalue weighted by atomic mass is 10.1. The lowest BCUT2D eigenvalue weighted by Gasteiger charge is -2.24. The molecule has 2 aromatic rings. The minimum atomic E-state index is -1.08. The van der Waals surface area contributed by atoms with E-state index in [9.17, 15) is 14.0 Å². The minimum absolute atomic E-state index is 0.0134. The standard InChI is InChI=1S/C21H28FN5O3/c1-4-30-18-7-5-15(6-8-18)9-20(28)27-11-16(22)10-17(27)12-26-13-19(24-25-26)21(29)23-14(2)3/h5-8,13-14,16-17H,4,9-12H2,1-3H3,(H,23,29)/t16-,17-/m0/s1. The molecule has 1 N–H and O–H groups in total. The number of benzene rings is 1. The van der Waals surface area contributed by atoms with Crippen molar-refractivity contribution in [3.8, 4) is 5.75 Å². The summed E-state index contributed by atoms with van der Waals surface area (Å²) >= 11 is 0. The van der Waals surface area contributed by atoms with E-state index < -0.39 is 6.17 Å². The van der Waals surface area contributed by atoms with Gasteiger partial charge in [0.05, 0.1) is 38.4 Å². The van der Waals surface area contributed by atoms with Gasteiger partial charge in [-0.05, 0) is 38.5 Å². The van der Waals surface area contributed by atoms with Crippen LogP contribution in [0.2, 0.25) is 0 Å². The largest absolute Gasteiger partial charge is 0.494 e. The summed E-state index contributed by atoms with van der Waals surface area (Å²) in [5.74, 6) is 0.303. The van der Waals surface area contributed by atoms with E-state index in [1.165, 1.54) is 10.9 Å². The third-order valence-corrected chi connectivity index (χ3v) is 4.86. The van der Waals surface area contributed by atoms with Crippen molar-refractivity contribution in [2.24, 2.45) is 0 Å². The first-order valence-electron chi connectivity index (χ1n) is 10.2. The van der Waals surface area contributed by atoms with Gasteiger partial charge in [0.2, 0.25) is 5.91 Å². The minimum Gasteiger partial charge on any atom is -0.494 e. The third-order valence-electron chi connectivity index (χ3n) is 4.86. The average Bonchev–Trinajstić information content (AvgIpc) is 3.30. The molecule has 0 spiro atoms. The summed E-state index contributed by atoms with van der Waals surface area (Å²) in [7, 11) is 0. The van der Waals surface area contributed by atoms with Crippen LogP contribution in [-0.4, -0.2) is 63.1 Å². The van der Waals surface area contributed by atoms with Gasteiger partial charge < -0.3 is 15.0 Å². The van der Waals surface area contributed by atoms with E-state index >= 15 is 0 Å². The van der Waals surface area contributed by atoms with Gasteiger partial charge in [-0.3, -0.25) is 9.59 Å². The number of aromatic nitrogens is 3. The van der Waals surface area contributed by atoms with Gasteiger partial charge in [0.25, 0.3) is 5.91 Å². The zero-order valence-corrected chi connectivity index (χ0v) is 17.5. The number of carbonyl (C=O) groups excluding carboxylic acids is 2. The normalized spacial score (nSPS) is 18.6. The van der Waals surface area contributed by atoms with Gasteiger partial charge in [0, 0.05) is 12.5 Å². The molecule has 0 aliphatic carbocycles. The molecule has 1 aliphatic heterocycles. The second-order valence-electron chi connectivity index (χ2n) is 7.74. The molecule has 1 aromatic heterocycles. The number of amides is 2.